The highest BCUT2D eigenvalue weighted by molar-refractivity contribution is 6.03. The average Bonchev–Trinajstić information content (AvgIpc) is 3.31. The van der Waals surface area contributed by atoms with E-state index in [-0.39, 0.29) is 11.8 Å². The number of piperazine rings is 1. The third kappa shape index (κ3) is 5.69. The predicted molar refractivity (Wildman–Crippen MR) is 144 cm³/mol. The monoisotopic (exact) mass is 495 g/mol. The highest BCUT2D eigenvalue weighted by Gasteiger charge is 2.22. The van der Waals surface area contributed by atoms with Gasteiger partial charge in [0.25, 0.3) is 0 Å². The molecule has 2 aromatic carbocycles. The standard InChI is InChI=1S/C29H29N5O3/c1-2-25-24(23-6-3-4-7-26(23)37-25)12-13-27(35)32-22-10-8-21(9-11-22)20-28(36)33-16-18-34(19-17-33)29-30-14-5-15-31-29/h3-15H,2,16-20H2,1H3,(H,32,35). The number of para-hydroxylation sites is 1. The zero-order valence-electron chi connectivity index (χ0n) is 20.8. The van der Waals surface area contributed by atoms with Crippen molar-refractivity contribution in [2.75, 3.05) is 36.4 Å². The van der Waals surface area contributed by atoms with Crippen LogP contribution in [0.15, 0.2) is 77.5 Å². The number of hydrogen-bond donors (Lipinski definition) is 1. The van der Waals surface area contributed by atoms with Crippen LogP contribution in [0.5, 0.6) is 0 Å². The highest BCUT2D eigenvalue weighted by atomic mass is 16.3. The first-order valence-corrected chi connectivity index (χ1v) is 12.5. The number of aryl methyl sites for hydroxylation is 1. The lowest BCUT2D eigenvalue weighted by Crippen LogP contribution is -2.49. The van der Waals surface area contributed by atoms with E-state index < -0.39 is 0 Å². The van der Waals surface area contributed by atoms with Gasteiger partial charge in [0, 0.05) is 67.7 Å². The lowest BCUT2D eigenvalue weighted by Gasteiger charge is -2.34. The fraction of sp³-hybridized carbons (Fsp3) is 0.241. The molecule has 1 saturated heterocycles. The van der Waals surface area contributed by atoms with Crippen LogP contribution in [0.25, 0.3) is 17.0 Å². The largest absolute Gasteiger partial charge is 0.460 e. The van der Waals surface area contributed by atoms with Crippen LogP contribution >= 0.6 is 0 Å². The van der Waals surface area contributed by atoms with E-state index in [9.17, 15) is 9.59 Å². The minimum absolute atomic E-state index is 0.0902. The highest BCUT2D eigenvalue weighted by Crippen LogP contribution is 2.27. The van der Waals surface area contributed by atoms with Crippen molar-refractivity contribution in [2.45, 2.75) is 19.8 Å². The zero-order chi connectivity index (χ0) is 25.6. The van der Waals surface area contributed by atoms with Gasteiger partial charge in [-0.05, 0) is 35.9 Å². The second-order valence-electron chi connectivity index (χ2n) is 8.90. The minimum atomic E-state index is -0.226. The number of rotatable bonds is 7. The van der Waals surface area contributed by atoms with Crippen LogP contribution in [0.2, 0.25) is 0 Å². The van der Waals surface area contributed by atoms with Crippen molar-refractivity contribution in [2.24, 2.45) is 0 Å². The molecule has 1 fully saturated rings. The third-order valence-corrected chi connectivity index (χ3v) is 6.48. The van der Waals surface area contributed by atoms with E-state index in [0.717, 1.165) is 34.3 Å². The number of nitrogens with one attached hydrogen (secondary N) is 1. The van der Waals surface area contributed by atoms with Gasteiger partial charge in [-0.2, -0.15) is 0 Å². The van der Waals surface area contributed by atoms with Crippen LogP contribution in [-0.4, -0.2) is 52.9 Å². The van der Waals surface area contributed by atoms with E-state index in [1.54, 1.807) is 24.5 Å². The molecule has 3 heterocycles. The summed E-state index contributed by atoms with van der Waals surface area (Å²) in [6.45, 7) is 4.73. The zero-order valence-corrected chi connectivity index (χ0v) is 20.8. The van der Waals surface area contributed by atoms with Crippen LogP contribution < -0.4 is 10.2 Å². The molecule has 2 aromatic heterocycles. The van der Waals surface area contributed by atoms with Crippen molar-refractivity contribution in [1.82, 2.24) is 14.9 Å². The van der Waals surface area contributed by atoms with Gasteiger partial charge in [0.05, 0.1) is 6.42 Å². The summed E-state index contributed by atoms with van der Waals surface area (Å²) in [5.74, 6) is 1.42. The first-order chi connectivity index (χ1) is 18.1. The summed E-state index contributed by atoms with van der Waals surface area (Å²) >= 11 is 0. The van der Waals surface area contributed by atoms with E-state index in [2.05, 4.69) is 20.2 Å². The van der Waals surface area contributed by atoms with Gasteiger partial charge in [-0.1, -0.05) is 37.3 Å². The number of amides is 2. The van der Waals surface area contributed by atoms with Gasteiger partial charge < -0.3 is 19.5 Å². The SMILES string of the molecule is CCc1oc2ccccc2c1C=CC(=O)Nc1ccc(CC(=O)N2CCN(c3ncccn3)CC2)cc1. The molecule has 1 N–H and O–H groups in total. The molecule has 0 radical (unpaired) electrons. The molecule has 1 aliphatic rings. The molecule has 4 aromatic rings. The maximum Gasteiger partial charge on any atom is 0.248 e. The van der Waals surface area contributed by atoms with Crippen molar-refractivity contribution in [3.8, 4) is 0 Å². The van der Waals surface area contributed by atoms with E-state index in [0.29, 0.717) is 44.2 Å². The number of hydrogen-bond acceptors (Lipinski definition) is 6. The molecule has 0 aliphatic carbocycles. The molecule has 8 heteroatoms. The molecule has 188 valence electrons. The molecule has 0 saturated carbocycles. The Morgan fingerprint density at radius 1 is 0.973 bits per heavy atom. The van der Waals surface area contributed by atoms with Crippen LogP contribution in [0, 0.1) is 0 Å². The summed E-state index contributed by atoms with van der Waals surface area (Å²) in [6, 6.07) is 17.0. The molecule has 2 amide bonds. The summed E-state index contributed by atoms with van der Waals surface area (Å²) in [5.41, 5.74) is 3.33. The Balaban J connectivity index is 1.14. The maximum absolute atomic E-state index is 12.8. The molecular formula is C29H29N5O3. The predicted octanol–water partition coefficient (Wildman–Crippen LogP) is 4.33. The fourth-order valence-electron chi connectivity index (χ4n) is 4.51. The normalized spacial score (nSPS) is 13.9. The summed E-state index contributed by atoms with van der Waals surface area (Å²) in [6.07, 6.45) is 7.85. The Morgan fingerprint density at radius 2 is 1.70 bits per heavy atom. The average molecular weight is 496 g/mol. The summed E-state index contributed by atoms with van der Waals surface area (Å²) in [4.78, 5) is 37.9. The van der Waals surface area contributed by atoms with Crippen molar-refractivity contribution in [1.29, 1.82) is 0 Å². The number of carbonyl (C=O) groups is 2. The summed E-state index contributed by atoms with van der Waals surface area (Å²) in [7, 11) is 0. The molecular weight excluding hydrogens is 466 g/mol. The van der Waals surface area contributed by atoms with Gasteiger partial charge in [0.15, 0.2) is 0 Å². The van der Waals surface area contributed by atoms with Crippen LogP contribution in [0.4, 0.5) is 11.6 Å². The molecule has 1 aliphatic heterocycles. The molecule has 37 heavy (non-hydrogen) atoms. The first kappa shape index (κ1) is 24.2. The first-order valence-electron chi connectivity index (χ1n) is 12.5. The minimum Gasteiger partial charge on any atom is -0.460 e. The third-order valence-electron chi connectivity index (χ3n) is 6.48. The molecule has 0 atom stereocenters. The van der Waals surface area contributed by atoms with E-state index in [1.807, 2.05) is 60.4 Å². The lowest BCUT2D eigenvalue weighted by molar-refractivity contribution is -0.130. The second-order valence-corrected chi connectivity index (χ2v) is 8.90. The quantitative estimate of drug-likeness (QED) is 0.384. The van der Waals surface area contributed by atoms with Crippen molar-refractivity contribution >= 4 is 40.5 Å². The smallest absolute Gasteiger partial charge is 0.248 e. The Kier molecular flexibility index (Phi) is 7.26. The van der Waals surface area contributed by atoms with Crippen LogP contribution in [-0.2, 0) is 22.4 Å². The van der Waals surface area contributed by atoms with E-state index in [1.165, 1.54) is 6.08 Å². The van der Waals surface area contributed by atoms with Gasteiger partial charge in [0.1, 0.15) is 11.3 Å². The number of nitrogens with zero attached hydrogens (tertiary/aromatic N) is 4. The molecule has 8 nitrogen and oxygen atoms in total. The maximum atomic E-state index is 12.8. The number of anilines is 2. The Morgan fingerprint density at radius 3 is 2.43 bits per heavy atom. The Hall–Kier alpha value is -4.46. The van der Waals surface area contributed by atoms with Gasteiger partial charge in [-0.25, -0.2) is 9.97 Å². The van der Waals surface area contributed by atoms with E-state index in [4.69, 9.17) is 4.42 Å². The fourth-order valence-corrected chi connectivity index (χ4v) is 4.51. The molecule has 0 spiro atoms. The topological polar surface area (TPSA) is 91.6 Å². The van der Waals surface area contributed by atoms with Gasteiger partial charge >= 0.3 is 0 Å². The molecule has 0 unspecified atom stereocenters. The molecule has 5 rings (SSSR count). The van der Waals surface area contributed by atoms with Crippen LogP contribution in [0.1, 0.15) is 23.8 Å². The number of furan rings is 1. The number of carbonyl (C=O) groups excluding carboxylic acids is 2. The van der Waals surface area contributed by atoms with Crippen molar-refractivity contribution < 1.29 is 14.0 Å². The van der Waals surface area contributed by atoms with Gasteiger partial charge in [-0.15, -0.1) is 0 Å². The van der Waals surface area contributed by atoms with E-state index >= 15 is 0 Å². The lowest BCUT2D eigenvalue weighted by atomic mass is 10.1. The molecule has 0 bridgehead atoms. The number of fused-ring (bicyclic) bond motifs is 1. The van der Waals surface area contributed by atoms with Gasteiger partial charge in [0.2, 0.25) is 17.8 Å². The Bertz CT molecular complexity index is 1400. The number of aromatic nitrogens is 2. The van der Waals surface area contributed by atoms with Crippen molar-refractivity contribution in [3.05, 3.63) is 90.0 Å². The summed E-state index contributed by atoms with van der Waals surface area (Å²) in [5, 5.41) is 3.88. The number of benzene rings is 2. The van der Waals surface area contributed by atoms with Gasteiger partial charge in [-0.3, -0.25) is 9.59 Å². The summed E-state index contributed by atoms with van der Waals surface area (Å²) < 4.78 is 5.89. The van der Waals surface area contributed by atoms with Crippen molar-refractivity contribution in [3.63, 3.8) is 0 Å². The van der Waals surface area contributed by atoms with Crippen LogP contribution in [0.3, 0.4) is 0 Å². The second kappa shape index (κ2) is 11.1. The Labute approximate surface area is 215 Å².